The number of nitrogens with zero attached hydrogens (tertiary/aromatic N) is 2. The van der Waals surface area contributed by atoms with Gasteiger partial charge < -0.3 is 20.0 Å². The fourth-order valence-electron chi connectivity index (χ4n) is 3.72. The average molecular weight is 409 g/mol. The minimum Gasteiger partial charge on any atom is -0.432 e. The summed E-state index contributed by atoms with van der Waals surface area (Å²) in [5.41, 5.74) is 1.67. The van der Waals surface area contributed by atoms with Crippen LogP contribution < -0.4 is 16.2 Å². The van der Waals surface area contributed by atoms with Crippen molar-refractivity contribution in [2.45, 2.75) is 38.1 Å². The number of aromatic nitrogens is 3. The van der Waals surface area contributed by atoms with Gasteiger partial charge in [0, 0.05) is 36.7 Å². The summed E-state index contributed by atoms with van der Waals surface area (Å²) in [7, 11) is 0. The molecule has 3 N–H and O–H groups in total. The fourth-order valence-corrected chi connectivity index (χ4v) is 3.72. The maximum Gasteiger partial charge on any atom is 0.307 e. The van der Waals surface area contributed by atoms with E-state index in [1.54, 1.807) is 12.1 Å². The number of para-hydroxylation sites is 2. The topological polar surface area (TPSA) is 130 Å². The number of hydrogen-bond donors (Lipinski definition) is 3. The zero-order valence-corrected chi connectivity index (χ0v) is 16.4. The molecule has 3 aromatic rings. The van der Waals surface area contributed by atoms with Crippen LogP contribution in [0.2, 0.25) is 0 Å². The van der Waals surface area contributed by atoms with Crippen LogP contribution in [0.5, 0.6) is 0 Å². The summed E-state index contributed by atoms with van der Waals surface area (Å²) in [6.45, 7) is 0.434. The first-order valence-electron chi connectivity index (χ1n) is 10.1. The van der Waals surface area contributed by atoms with Gasteiger partial charge in [-0.25, -0.2) is 9.97 Å². The van der Waals surface area contributed by atoms with Crippen LogP contribution in [0.1, 0.15) is 42.1 Å². The molecular formula is C21H23N5O4. The number of rotatable bonds is 6. The second-order valence-corrected chi connectivity index (χ2v) is 7.45. The van der Waals surface area contributed by atoms with Crippen molar-refractivity contribution in [2.24, 2.45) is 5.92 Å². The molecule has 0 saturated heterocycles. The molecular weight excluding hydrogens is 386 g/mol. The third-order valence-electron chi connectivity index (χ3n) is 5.34. The number of carbonyl (C=O) groups excluding carboxylic acids is 2. The van der Waals surface area contributed by atoms with Crippen molar-refractivity contribution in [3.8, 4) is 0 Å². The van der Waals surface area contributed by atoms with Crippen molar-refractivity contribution in [2.75, 3.05) is 6.54 Å². The van der Waals surface area contributed by atoms with Crippen LogP contribution in [0.25, 0.3) is 11.1 Å². The molecule has 0 bridgehead atoms. The summed E-state index contributed by atoms with van der Waals surface area (Å²) in [6, 6.07) is 8.67. The Morgan fingerprint density at radius 3 is 2.73 bits per heavy atom. The molecule has 1 aromatic carbocycles. The Hall–Kier alpha value is -3.49. The van der Waals surface area contributed by atoms with Crippen molar-refractivity contribution in [1.82, 2.24) is 25.6 Å². The largest absolute Gasteiger partial charge is 0.432 e. The van der Waals surface area contributed by atoms with Gasteiger partial charge in [0.2, 0.25) is 5.91 Å². The molecule has 1 aliphatic carbocycles. The van der Waals surface area contributed by atoms with Gasteiger partial charge in [0.05, 0.1) is 6.33 Å². The van der Waals surface area contributed by atoms with E-state index in [0.717, 1.165) is 12.8 Å². The lowest BCUT2D eigenvalue weighted by atomic mass is 9.85. The normalized spacial score (nSPS) is 18.8. The smallest absolute Gasteiger partial charge is 0.307 e. The standard InChI is InChI=1S/C21H23N5O4/c27-18-11-15(23-12-24-18)9-10-22-19(28)13-5-7-14(8-6-13)25-20(29)21-26-16-3-1-2-4-17(16)30-21/h1-4,11-14H,5-10H2,(H,22,28)(H,25,29)(H,23,24,27). The van der Waals surface area contributed by atoms with Crippen LogP contribution in [0.4, 0.5) is 0 Å². The van der Waals surface area contributed by atoms with Crippen LogP contribution >= 0.6 is 0 Å². The molecule has 0 radical (unpaired) electrons. The van der Waals surface area contributed by atoms with E-state index in [0.29, 0.717) is 42.6 Å². The quantitative estimate of drug-likeness (QED) is 0.566. The highest BCUT2D eigenvalue weighted by Crippen LogP contribution is 2.25. The molecule has 0 spiro atoms. The van der Waals surface area contributed by atoms with Gasteiger partial charge in [0.1, 0.15) is 5.52 Å². The first kappa shape index (κ1) is 19.8. The van der Waals surface area contributed by atoms with Gasteiger partial charge in [-0.1, -0.05) is 12.1 Å². The van der Waals surface area contributed by atoms with Crippen LogP contribution in [0.3, 0.4) is 0 Å². The van der Waals surface area contributed by atoms with E-state index in [1.807, 2.05) is 12.1 Å². The molecule has 4 rings (SSSR count). The molecule has 156 valence electrons. The average Bonchev–Trinajstić information content (AvgIpc) is 3.19. The number of H-pyrrole nitrogens is 1. The molecule has 0 aliphatic heterocycles. The Morgan fingerprint density at radius 2 is 1.97 bits per heavy atom. The van der Waals surface area contributed by atoms with Crippen molar-refractivity contribution in [1.29, 1.82) is 0 Å². The number of amides is 2. The van der Waals surface area contributed by atoms with Gasteiger partial charge in [0.15, 0.2) is 5.58 Å². The molecule has 1 saturated carbocycles. The number of aromatic amines is 1. The third-order valence-corrected chi connectivity index (χ3v) is 5.34. The van der Waals surface area contributed by atoms with Crippen LogP contribution in [0.15, 0.2) is 45.9 Å². The number of hydrogen-bond acceptors (Lipinski definition) is 6. The second-order valence-electron chi connectivity index (χ2n) is 7.45. The minimum absolute atomic E-state index is 0.00296. The van der Waals surface area contributed by atoms with E-state index >= 15 is 0 Å². The first-order chi connectivity index (χ1) is 14.6. The highest BCUT2D eigenvalue weighted by Gasteiger charge is 2.28. The molecule has 2 amide bonds. The SMILES string of the molecule is O=C(NC1CCC(C(=O)NCCc2cc(=O)[nH]cn2)CC1)c1nc2ccccc2o1. The summed E-state index contributed by atoms with van der Waals surface area (Å²) in [6.07, 6.45) is 4.71. The van der Waals surface area contributed by atoms with Gasteiger partial charge in [-0.2, -0.15) is 0 Å². The Balaban J connectivity index is 1.21. The summed E-state index contributed by atoms with van der Waals surface area (Å²) >= 11 is 0. The molecule has 1 aliphatic rings. The Kier molecular flexibility index (Phi) is 5.87. The fraction of sp³-hybridized carbons (Fsp3) is 0.381. The zero-order chi connectivity index (χ0) is 20.9. The van der Waals surface area contributed by atoms with Gasteiger partial charge in [-0.3, -0.25) is 14.4 Å². The Labute approximate surface area is 172 Å². The van der Waals surface area contributed by atoms with Gasteiger partial charge in [-0.05, 0) is 37.8 Å². The lowest BCUT2D eigenvalue weighted by Crippen LogP contribution is -2.41. The molecule has 9 heteroatoms. The van der Waals surface area contributed by atoms with E-state index in [4.69, 9.17) is 4.42 Å². The Bertz CT molecular complexity index is 1060. The molecule has 2 heterocycles. The molecule has 2 aromatic heterocycles. The van der Waals surface area contributed by atoms with Crippen LogP contribution in [-0.2, 0) is 11.2 Å². The van der Waals surface area contributed by atoms with Crippen molar-refractivity contribution in [3.63, 3.8) is 0 Å². The molecule has 1 fully saturated rings. The van der Waals surface area contributed by atoms with E-state index in [2.05, 4.69) is 25.6 Å². The lowest BCUT2D eigenvalue weighted by Gasteiger charge is -2.28. The maximum absolute atomic E-state index is 12.4. The molecule has 30 heavy (non-hydrogen) atoms. The minimum atomic E-state index is -0.329. The first-order valence-corrected chi connectivity index (χ1v) is 10.1. The van der Waals surface area contributed by atoms with E-state index < -0.39 is 0 Å². The number of benzene rings is 1. The third kappa shape index (κ3) is 4.73. The zero-order valence-electron chi connectivity index (χ0n) is 16.4. The van der Waals surface area contributed by atoms with E-state index in [9.17, 15) is 14.4 Å². The second kappa shape index (κ2) is 8.89. The monoisotopic (exact) mass is 409 g/mol. The maximum atomic E-state index is 12.4. The van der Waals surface area contributed by atoms with Gasteiger partial charge in [-0.15, -0.1) is 0 Å². The molecule has 9 nitrogen and oxygen atoms in total. The number of nitrogens with one attached hydrogen (secondary N) is 3. The Morgan fingerprint density at radius 1 is 1.17 bits per heavy atom. The van der Waals surface area contributed by atoms with Crippen molar-refractivity contribution >= 4 is 22.9 Å². The van der Waals surface area contributed by atoms with Gasteiger partial charge >= 0.3 is 5.91 Å². The summed E-state index contributed by atoms with van der Waals surface area (Å²) in [5, 5.41) is 5.87. The summed E-state index contributed by atoms with van der Waals surface area (Å²) in [4.78, 5) is 46.8. The molecule has 0 atom stereocenters. The predicted octanol–water partition coefficient (Wildman–Crippen LogP) is 1.56. The van der Waals surface area contributed by atoms with Crippen LogP contribution in [0, 0.1) is 5.92 Å². The van der Waals surface area contributed by atoms with Crippen molar-refractivity contribution < 1.29 is 14.0 Å². The summed E-state index contributed by atoms with van der Waals surface area (Å²) < 4.78 is 5.50. The number of oxazole rings is 1. The number of fused-ring (bicyclic) bond motifs is 1. The van der Waals surface area contributed by atoms with E-state index in [-0.39, 0.29) is 35.2 Å². The van der Waals surface area contributed by atoms with E-state index in [1.165, 1.54) is 12.4 Å². The predicted molar refractivity (Wildman–Crippen MR) is 109 cm³/mol. The van der Waals surface area contributed by atoms with Crippen LogP contribution in [-0.4, -0.2) is 39.4 Å². The van der Waals surface area contributed by atoms with Gasteiger partial charge in [0.25, 0.3) is 11.4 Å². The lowest BCUT2D eigenvalue weighted by molar-refractivity contribution is -0.126. The highest BCUT2D eigenvalue weighted by atomic mass is 16.4. The summed E-state index contributed by atoms with van der Waals surface area (Å²) in [5.74, 6) is -0.341. The highest BCUT2D eigenvalue weighted by molar-refractivity contribution is 5.92. The number of carbonyl (C=O) groups is 2. The molecule has 0 unspecified atom stereocenters. The van der Waals surface area contributed by atoms with Crippen molar-refractivity contribution in [3.05, 3.63) is 58.6 Å².